The Kier molecular flexibility index (Phi) is 1.98. The summed E-state index contributed by atoms with van der Waals surface area (Å²) in [6.07, 6.45) is 0.903. The summed E-state index contributed by atoms with van der Waals surface area (Å²) < 4.78 is 11.1. The van der Waals surface area contributed by atoms with Crippen molar-refractivity contribution in [1.82, 2.24) is 0 Å². The normalized spacial score (nSPS) is 43.8. The molecule has 2 bridgehead atoms. The number of carbonyl (C=O) groups is 2. The second-order valence-electron chi connectivity index (χ2n) is 4.97. The number of ether oxygens (including phenoxy) is 2. The molecule has 5 unspecified atom stereocenters. The predicted octanol–water partition coefficient (Wildman–Crippen LogP) is 0.851. The number of carbonyl (C=O) groups excluding carboxylic acids is 2. The van der Waals surface area contributed by atoms with Crippen LogP contribution in [0.25, 0.3) is 0 Å². The molecular formula is C12H14O4. The van der Waals surface area contributed by atoms with Gasteiger partial charge in [-0.15, -0.1) is 0 Å². The van der Waals surface area contributed by atoms with E-state index in [0.717, 1.165) is 0 Å². The molecule has 3 rings (SSSR count). The average Bonchev–Trinajstić information content (AvgIpc) is 2.81. The molecule has 0 spiro atoms. The second kappa shape index (κ2) is 3.17. The van der Waals surface area contributed by atoms with Gasteiger partial charge in [0.15, 0.2) is 0 Å². The summed E-state index contributed by atoms with van der Waals surface area (Å²) in [5, 5.41) is 0. The number of esters is 1. The number of Topliss-reactive ketones (excluding diaryl/α,β-unsaturated/α-hetero) is 1. The Morgan fingerprint density at radius 2 is 2.31 bits per heavy atom. The zero-order chi connectivity index (χ0) is 11.4. The van der Waals surface area contributed by atoms with Crippen LogP contribution < -0.4 is 0 Å². The largest absolute Gasteiger partial charge is 0.456 e. The van der Waals surface area contributed by atoms with Crippen molar-refractivity contribution in [1.29, 1.82) is 0 Å². The molecule has 4 heteroatoms. The van der Waals surface area contributed by atoms with Crippen molar-refractivity contribution in [2.24, 2.45) is 11.8 Å². The highest BCUT2D eigenvalue weighted by Crippen LogP contribution is 2.51. The quantitative estimate of drug-likeness (QED) is 0.513. The molecule has 0 amide bonds. The molecule has 1 aliphatic carbocycles. The maximum Gasteiger partial charge on any atom is 0.333 e. The third kappa shape index (κ3) is 1.19. The minimum absolute atomic E-state index is 0.000390. The van der Waals surface area contributed by atoms with Crippen LogP contribution >= 0.6 is 0 Å². The van der Waals surface area contributed by atoms with Gasteiger partial charge in [-0.1, -0.05) is 6.58 Å². The maximum atomic E-state index is 11.6. The fourth-order valence-corrected chi connectivity index (χ4v) is 3.13. The van der Waals surface area contributed by atoms with Crippen LogP contribution in [0.1, 0.15) is 19.8 Å². The molecule has 4 nitrogen and oxygen atoms in total. The fourth-order valence-electron chi connectivity index (χ4n) is 3.13. The number of ketones is 1. The van der Waals surface area contributed by atoms with Gasteiger partial charge in [-0.3, -0.25) is 4.79 Å². The maximum absolute atomic E-state index is 11.6. The molecule has 0 N–H and O–H groups in total. The van der Waals surface area contributed by atoms with Gasteiger partial charge < -0.3 is 9.47 Å². The first kappa shape index (κ1) is 10.0. The highest BCUT2D eigenvalue weighted by atomic mass is 16.6. The van der Waals surface area contributed by atoms with Crippen LogP contribution in [0.15, 0.2) is 12.2 Å². The van der Waals surface area contributed by atoms with Gasteiger partial charge in [-0.25, -0.2) is 4.79 Å². The lowest BCUT2D eigenvalue weighted by atomic mass is 9.86. The molecule has 5 atom stereocenters. The van der Waals surface area contributed by atoms with E-state index in [2.05, 4.69) is 6.58 Å². The average molecular weight is 222 g/mol. The van der Waals surface area contributed by atoms with Gasteiger partial charge in [-0.05, 0) is 13.3 Å². The number of fused-ring (bicyclic) bond motifs is 1. The molecule has 86 valence electrons. The Bertz CT molecular complexity index is 386. The summed E-state index contributed by atoms with van der Waals surface area (Å²) in [4.78, 5) is 23.1. The predicted molar refractivity (Wildman–Crippen MR) is 54.6 cm³/mol. The lowest BCUT2D eigenvalue weighted by Crippen LogP contribution is -2.35. The van der Waals surface area contributed by atoms with Gasteiger partial charge in [0.2, 0.25) is 0 Å². The van der Waals surface area contributed by atoms with Crippen LogP contribution in [0.5, 0.6) is 0 Å². The standard InChI is InChI=1S/C12H14O4/c1-5(2)12(14)16-11-7-3-8(13)6-4-9(11)15-10(6)7/h6-7,9-11H,1,3-4H2,2H3. The Hall–Kier alpha value is -1.16. The van der Waals surface area contributed by atoms with Gasteiger partial charge in [0, 0.05) is 23.8 Å². The lowest BCUT2D eigenvalue weighted by molar-refractivity contribution is -0.148. The van der Waals surface area contributed by atoms with Crippen LogP contribution in [0.4, 0.5) is 0 Å². The van der Waals surface area contributed by atoms with E-state index in [4.69, 9.17) is 9.47 Å². The van der Waals surface area contributed by atoms with Crippen molar-refractivity contribution in [2.45, 2.75) is 38.1 Å². The molecule has 16 heavy (non-hydrogen) atoms. The van der Waals surface area contributed by atoms with Crippen LogP contribution in [0.3, 0.4) is 0 Å². The first-order chi connectivity index (χ1) is 7.58. The molecule has 3 aliphatic rings. The van der Waals surface area contributed by atoms with Crippen LogP contribution in [-0.2, 0) is 19.1 Å². The van der Waals surface area contributed by atoms with E-state index in [0.29, 0.717) is 18.4 Å². The summed E-state index contributed by atoms with van der Waals surface area (Å²) in [6, 6.07) is 0. The van der Waals surface area contributed by atoms with Crippen molar-refractivity contribution < 1.29 is 19.1 Å². The van der Waals surface area contributed by atoms with E-state index < -0.39 is 0 Å². The van der Waals surface area contributed by atoms with Crippen LogP contribution in [-0.4, -0.2) is 30.1 Å². The number of rotatable bonds is 2. The molecule has 0 radical (unpaired) electrons. The van der Waals surface area contributed by atoms with Gasteiger partial charge in [0.1, 0.15) is 11.9 Å². The van der Waals surface area contributed by atoms with E-state index in [-0.39, 0.29) is 41.9 Å². The second-order valence-corrected chi connectivity index (χ2v) is 4.97. The van der Waals surface area contributed by atoms with Gasteiger partial charge in [0.25, 0.3) is 0 Å². The monoisotopic (exact) mass is 222 g/mol. The van der Waals surface area contributed by atoms with E-state index in [9.17, 15) is 9.59 Å². The molecule has 1 saturated carbocycles. The Labute approximate surface area is 93.6 Å². The van der Waals surface area contributed by atoms with E-state index >= 15 is 0 Å². The molecular weight excluding hydrogens is 208 g/mol. The van der Waals surface area contributed by atoms with Crippen molar-refractivity contribution in [3.63, 3.8) is 0 Å². The van der Waals surface area contributed by atoms with Gasteiger partial charge in [0.05, 0.1) is 12.2 Å². The first-order valence-electron chi connectivity index (χ1n) is 5.62. The smallest absolute Gasteiger partial charge is 0.333 e. The SMILES string of the molecule is C=C(C)C(=O)OC1C2CC3C(=O)CC1C3O2. The van der Waals surface area contributed by atoms with Crippen LogP contribution in [0, 0.1) is 11.8 Å². The summed E-state index contributed by atoms with van der Waals surface area (Å²) >= 11 is 0. The minimum Gasteiger partial charge on any atom is -0.456 e. The topological polar surface area (TPSA) is 52.6 Å². The summed E-state index contributed by atoms with van der Waals surface area (Å²) in [7, 11) is 0. The van der Waals surface area contributed by atoms with E-state index in [1.165, 1.54) is 0 Å². The molecule has 0 aromatic rings. The fraction of sp³-hybridized carbons (Fsp3) is 0.667. The summed E-state index contributed by atoms with van der Waals surface area (Å²) in [5.41, 5.74) is 0.392. The van der Waals surface area contributed by atoms with Gasteiger partial charge >= 0.3 is 5.97 Å². The summed E-state index contributed by atoms with van der Waals surface area (Å²) in [6.45, 7) is 5.18. The molecule has 0 aromatic heterocycles. The van der Waals surface area contributed by atoms with E-state index in [1.54, 1.807) is 6.92 Å². The highest BCUT2D eigenvalue weighted by molar-refractivity contribution is 5.88. The third-order valence-electron chi connectivity index (χ3n) is 3.87. The van der Waals surface area contributed by atoms with Crippen molar-refractivity contribution >= 4 is 11.8 Å². The molecule has 2 heterocycles. The Morgan fingerprint density at radius 3 is 3.00 bits per heavy atom. The van der Waals surface area contributed by atoms with Crippen molar-refractivity contribution in [3.8, 4) is 0 Å². The van der Waals surface area contributed by atoms with Gasteiger partial charge in [-0.2, -0.15) is 0 Å². The van der Waals surface area contributed by atoms with Crippen molar-refractivity contribution in [2.75, 3.05) is 0 Å². The highest BCUT2D eigenvalue weighted by Gasteiger charge is 2.62. The Morgan fingerprint density at radius 1 is 1.56 bits per heavy atom. The molecule has 0 aromatic carbocycles. The number of hydrogen-bond acceptors (Lipinski definition) is 4. The Balaban J connectivity index is 1.77. The van der Waals surface area contributed by atoms with Crippen molar-refractivity contribution in [3.05, 3.63) is 12.2 Å². The van der Waals surface area contributed by atoms with Crippen LogP contribution in [0.2, 0.25) is 0 Å². The number of hydrogen-bond donors (Lipinski definition) is 0. The molecule has 3 fully saturated rings. The summed E-state index contributed by atoms with van der Waals surface area (Å²) in [5.74, 6) is 0.0396. The first-order valence-corrected chi connectivity index (χ1v) is 5.62. The lowest BCUT2D eigenvalue weighted by Gasteiger charge is -2.23. The molecule has 2 aliphatic heterocycles. The third-order valence-corrected chi connectivity index (χ3v) is 3.87. The zero-order valence-corrected chi connectivity index (χ0v) is 9.14. The van der Waals surface area contributed by atoms with E-state index in [1.807, 2.05) is 0 Å². The minimum atomic E-state index is -0.378. The molecule has 2 saturated heterocycles. The zero-order valence-electron chi connectivity index (χ0n) is 9.14.